The molecule has 1 aliphatic heterocycles. The molecule has 0 aliphatic carbocycles. The number of carbonyl (C=O) groups excluding carboxylic acids is 1. The first-order chi connectivity index (χ1) is 10.6. The summed E-state index contributed by atoms with van der Waals surface area (Å²) in [5.74, 6) is 0.214. The van der Waals surface area contributed by atoms with Crippen LogP contribution in [-0.2, 0) is 17.6 Å². The predicted molar refractivity (Wildman–Crippen MR) is 88.2 cm³/mol. The molecule has 4 heteroatoms. The van der Waals surface area contributed by atoms with Crippen molar-refractivity contribution < 1.29 is 4.79 Å². The molecule has 3 rings (SSSR count). The van der Waals surface area contributed by atoms with E-state index in [2.05, 4.69) is 29.3 Å². The number of aromatic nitrogens is 2. The Morgan fingerprint density at radius 3 is 2.86 bits per heavy atom. The van der Waals surface area contributed by atoms with E-state index in [1.165, 1.54) is 16.7 Å². The van der Waals surface area contributed by atoms with Crippen LogP contribution in [0.2, 0.25) is 0 Å². The van der Waals surface area contributed by atoms with E-state index in [1.54, 1.807) is 0 Å². The average Bonchev–Trinajstić information content (AvgIpc) is 2.83. The number of nitrogens with one attached hydrogen (secondary N) is 1. The molecule has 1 aromatic carbocycles. The van der Waals surface area contributed by atoms with Crippen LogP contribution in [0, 0.1) is 20.8 Å². The van der Waals surface area contributed by atoms with Gasteiger partial charge in [0.15, 0.2) is 0 Å². The first-order valence-electron chi connectivity index (χ1n) is 7.97. The zero-order valence-electron chi connectivity index (χ0n) is 13.6. The molecular weight excluding hydrogens is 274 g/mol. The Kier molecular flexibility index (Phi) is 4.01. The van der Waals surface area contributed by atoms with Crippen molar-refractivity contribution >= 4 is 11.6 Å². The van der Waals surface area contributed by atoms with Gasteiger partial charge in [-0.2, -0.15) is 5.10 Å². The Labute approximate surface area is 131 Å². The fraction of sp³-hybridized carbons (Fsp3) is 0.444. The summed E-state index contributed by atoms with van der Waals surface area (Å²) in [6.45, 7) is 6.96. The van der Waals surface area contributed by atoms with Crippen LogP contribution < -0.4 is 4.90 Å². The van der Waals surface area contributed by atoms with E-state index in [1.807, 2.05) is 24.8 Å². The van der Waals surface area contributed by atoms with Gasteiger partial charge in [-0.3, -0.25) is 9.89 Å². The van der Waals surface area contributed by atoms with Crippen LogP contribution in [0.4, 0.5) is 5.69 Å². The highest BCUT2D eigenvalue weighted by atomic mass is 16.2. The first kappa shape index (κ1) is 14.8. The smallest absolute Gasteiger partial charge is 0.227 e. The van der Waals surface area contributed by atoms with Crippen LogP contribution in [0.25, 0.3) is 0 Å². The van der Waals surface area contributed by atoms with E-state index in [4.69, 9.17) is 0 Å². The van der Waals surface area contributed by atoms with Crippen molar-refractivity contribution in [2.24, 2.45) is 0 Å². The third-order valence-electron chi connectivity index (χ3n) is 4.66. The number of fused-ring (bicyclic) bond motifs is 1. The molecule has 0 unspecified atom stereocenters. The largest absolute Gasteiger partial charge is 0.312 e. The minimum absolute atomic E-state index is 0.214. The number of aromatic amines is 1. The van der Waals surface area contributed by atoms with Gasteiger partial charge in [-0.1, -0.05) is 12.1 Å². The van der Waals surface area contributed by atoms with Crippen molar-refractivity contribution in [3.63, 3.8) is 0 Å². The summed E-state index contributed by atoms with van der Waals surface area (Å²) in [7, 11) is 0. The van der Waals surface area contributed by atoms with E-state index in [-0.39, 0.29) is 5.91 Å². The fourth-order valence-electron chi connectivity index (χ4n) is 3.37. The Morgan fingerprint density at radius 2 is 2.14 bits per heavy atom. The van der Waals surface area contributed by atoms with Crippen molar-refractivity contribution in [2.45, 2.75) is 46.5 Å². The molecule has 22 heavy (non-hydrogen) atoms. The summed E-state index contributed by atoms with van der Waals surface area (Å²) in [6.07, 6.45) is 3.42. The quantitative estimate of drug-likeness (QED) is 0.945. The molecule has 2 aromatic rings. The maximum atomic E-state index is 12.7. The van der Waals surface area contributed by atoms with Gasteiger partial charge < -0.3 is 4.90 Å². The first-order valence-corrected chi connectivity index (χ1v) is 7.97. The van der Waals surface area contributed by atoms with Gasteiger partial charge in [0.05, 0.1) is 5.69 Å². The molecule has 0 saturated carbocycles. The van der Waals surface area contributed by atoms with E-state index >= 15 is 0 Å². The highest BCUT2D eigenvalue weighted by molar-refractivity contribution is 5.94. The van der Waals surface area contributed by atoms with Gasteiger partial charge in [0.2, 0.25) is 5.91 Å². The van der Waals surface area contributed by atoms with Crippen LogP contribution >= 0.6 is 0 Å². The summed E-state index contributed by atoms with van der Waals surface area (Å²) in [5, 5.41) is 7.19. The van der Waals surface area contributed by atoms with Gasteiger partial charge in [-0.05, 0) is 62.8 Å². The van der Waals surface area contributed by atoms with Crippen LogP contribution in [-0.4, -0.2) is 22.6 Å². The minimum Gasteiger partial charge on any atom is -0.312 e. The van der Waals surface area contributed by atoms with Crippen molar-refractivity contribution in [3.8, 4) is 0 Å². The van der Waals surface area contributed by atoms with Gasteiger partial charge in [0.25, 0.3) is 0 Å². The fourth-order valence-corrected chi connectivity index (χ4v) is 3.37. The standard InChI is InChI=1S/C18H23N3O/c1-12-6-4-8-17-15(12)7-5-11-21(17)18(22)10-9-16-13(2)19-20-14(16)3/h4,6,8H,5,7,9-11H2,1-3H3,(H,19,20). The lowest BCUT2D eigenvalue weighted by atomic mass is 9.96. The lowest BCUT2D eigenvalue weighted by Crippen LogP contribution is -2.35. The molecule has 1 aromatic heterocycles. The molecule has 4 nitrogen and oxygen atoms in total. The zero-order chi connectivity index (χ0) is 15.7. The zero-order valence-corrected chi connectivity index (χ0v) is 13.6. The Balaban J connectivity index is 1.76. The molecule has 116 valence electrons. The highest BCUT2D eigenvalue weighted by Crippen LogP contribution is 2.30. The number of nitrogens with zero attached hydrogens (tertiary/aromatic N) is 2. The van der Waals surface area contributed by atoms with E-state index < -0.39 is 0 Å². The van der Waals surface area contributed by atoms with Crippen LogP contribution in [0.3, 0.4) is 0 Å². The molecule has 0 bridgehead atoms. The van der Waals surface area contributed by atoms with E-state index in [0.29, 0.717) is 6.42 Å². The van der Waals surface area contributed by atoms with Gasteiger partial charge >= 0.3 is 0 Å². The Morgan fingerprint density at radius 1 is 1.32 bits per heavy atom. The number of carbonyl (C=O) groups is 1. The molecule has 1 N–H and O–H groups in total. The number of H-pyrrole nitrogens is 1. The summed E-state index contributed by atoms with van der Waals surface area (Å²) in [4.78, 5) is 14.7. The van der Waals surface area contributed by atoms with Crippen molar-refractivity contribution in [1.82, 2.24) is 10.2 Å². The van der Waals surface area contributed by atoms with Gasteiger partial charge in [0, 0.05) is 24.3 Å². The predicted octanol–water partition coefficient (Wildman–Crippen LogP) is 3.25. The van der Waals surface area contributed by atoms with Gasteiger partial charge in [-0.25, -0.2) is 0 Å². The second kappa shape index (κ2) is 5.95. The number of rotatable bonds is 3. The summed E-state index contributed by atoms with van der Waals surface area (Å²) in [5.41, 5.74) is 6.97. The maximum absolute atomic E-state index is 12.7. The SMILES string of the molecule is Cc1cccc2c1CCCN2C(=O)CCc1c(C)n[nH]c1C. The number of hydrogen-bond acceptors (Lipinski definition) is 2. The average molecular weight is 297 g/mol. The molecule has 0 spiro atoms. The van der Waals surface area contributed by atoms with E-state index in [0.717, 1.165) is 42.9 Å². The minimum atomic E-state index is 0.214. The second-order valence-electron chi connectivity index (χ2n) is 6.13. The molecular formula is C18H23N3O. The molecule has 1 aliphatic rings. The lowest BCUT2D eigenvalue weighted by molar-refractivity contribution is -0.118. The van der Waals surface area contributed by atoms with E-state index in [9.17, 15) is 4.79 Å². The number of hydrogen-bond donors (Lipinski definition) is 1. The number of benzene rings is 1. The monoisotopic (exact) mass is 297 g/mol. The molecule has 2 heterocycles. The normalized spacial score (nSPS) is 14.0. The summed E-state index contributed by atoms with van der Waals surface area (Å²) < 4.78 is 0. The van der Waals surface area contributed by atoms with Gasteiger partial charge in [0.1, 0.15) is 0 Å². The van der Waals surface area contributed by atoms with Crippen LogP contribution in [0.5, 0.6) is 0 Å². The number of anilines is 1. The number of amides is 1. The number of aryl methyl sites for hydroxylation is 3. The van der Waals surface area contributed by atoms with Crippen molar-refractivity contribution in [3.05, 3.63) is 46.3 Å². The van der Waals surface area contributed by atoms with Crippen LogP contribution in [0.1, 0.15) is 40.9 Å². The topological polar surface area (TPSA) is 49.0 Å². The van der Waals surface area contributed by atoms with Crippen LogP contribution in [0.15, 0.2) is 18.2 Å². The van der Waals surface area contributed by atoms with Crippen molar-refractivity contribution in [1.29, 1.82) is 0 Å². The Bertz CT molecular complexity index is 683. The summed E-state index contributed by atoms with van der Waals surface area (Å²) in [6, 6.07) is 6.25. The summed E-state index contributed by atoms with van der Waals surface area (Å²) >= 11 is 0. The third-order valence-corrected chi connectivity index (χ3v) is 4.66. The molecule has 0 atom stereocenters. The lowest BCUT2D eigenvalue weighted by Gasteiger charge is -2.30. The molecule has 0 saturated heterocycles. The maximum Gasteiger partial charge on any atom is 0.227 e. The second-order valence-corrected chi connectivity index (χ2v) is 6.13. The highest BCUT2D eigenvalue weighted by Gasteiger charge is 2.23. The Hall–Kier alpha value is -2.10. The molecule has 0 radical (unpaired) electrons. The molecule has 1 amide bonds. The van der Waals surface area contributed by atoms with Gasteiger partial charge in [-0.15, -0.1) is 0 Å². The third kappa shape index (κ3) is 2.65. The van der Waals surface area contributed by atoms with Crippen molar-refractivity contribution in [2.75, 3.05) is 11.4 Å². The molecule has 0 fully saturated rings.